The molecule has 22 heavy (non-hydrogen) atoms. The van der Waals surface area contributed by atoms with E-state index in [9.17, 15) is 8.42 Å². The summed E-state index contributed by atoms with van der Waals surface area (Å²) < 4.78 is 32.2. The highest BCUT2D eigenvalue weighted by Gasteiger charge is 2.28. The molecule has 1 saturated heterocycles. The lowest BCUT2D eigenvalue weighted by Gasteiger charge is -2.24. The van der Waals surface area contributed by atoms with Crippen molar-refractivity contribution in [2.24, 2.45) is 0 Å². The Kier molecular flexibility index (Phi) is 5.51. The van der Waals surface area contributed by atoms with Gasteiger partial charge in [-0.1, -0.05) is 0 Å². The van der Waals surface area contributed by atoms with Gasteiger partial charge in [-0.25, -0.2) is 8.42 Å². The van der Waals surface area contributed by atoms with Crippen molar-refractivity contribution in [2.75, 3.05) is 19.7 Å². The molecule has 1 unspecified atom stereocenters. The van der Waals surface area contributed by atoms with Gasteiger partial charge in [0.15, 0.2) is 0 Å². The zero-order valence-corrected chi connectivity index (χ0v) is 12.9. The first-order chi connectivity index (χ1) is 10.6. The van der Waals surface area contributed by atoms with Crippen molar-refractivity contribution >= 4 is 10.0 Å². The number of hydrogen-bond donors (Lipinski definition) is 0. The molecule has 1 aromatic rings. The minimum Gasteiger partial charge on any atom is -0.377 e. The third kappa shape index (κ3) is 3.83. The van der Waals surface area contributed by atoms with Crippen molar-refractivity contribution < 1.29 is 13.2 Å². The van der Waals surface area contributed by atoms with Crippen molar-refractivity contribution in [3.63, 3.8) is 0 Å². The molecule has 0 radical (unpaired) electrons. The van der Waals surface area contributed by atoms with Crippen LogP contribution in [0.2, 0.25) is 0 Å². The molecule has 0 N–H and O–H groups in total. The second-order valence-electron chi connectivity index (χ2n) is 5.04. The van der Waals surface area contributed by atoms with E-state index in [-0.39, 0.29) is 30.5 Å². The fourth-order valence-corrected chi connectivity index (χ4v) is 3.82. The number of nitrogens with zero attached hydrogens (tertiary/aromatic N) is 3. The molecule has 0 bridgehead atoms. The summed E-state index contributed by atoms with van der Waals surface area (Å²) in [6.07, 6.45) is 1.76. The molecule has 1 aromatic carbocycles. The summed E-state index contributed by atoms with van der Waals surface area (Å²) in [4.78, 5) is 0.127. The van der Waals surface area contributed by atoms with Gasteiger partial charge in [0.05, 0.1) is 28.7 Å². The van der Waals surface area contributed by atoms with Gasteiger partial charge in [0, 0.05) is 26.1 Å². The maximum Gasteiger partial charge on any atom is 0.243 e. The summed E-state index contributed by atoms with van der Waals surface area (Å²) in [5, 5.41) is 17.5. The first kappa shape index (κ1) is 16.4. The van der Waals surface area contributed by atoms with Crippen LogP contribution in [0.4, 0.5) is 0 Å². The molecule has 0 aliphatic carbocycles. The number of hydrogen-bond acceptors (Lipinski definition) is 5. The lowest BCUT2D eigenvalue weighted by Crippen LogP contribution is -2.38. The zero-order chi connectivity index (χ0) is 16.0. The highest BCUT2D eigenvalue weighted by molar-refractivity contribution is 7.89. The maximum absolute atomic E-state index is 12.7. The Bertz CT molecular complexity index is 680. The van der Waals surface area contributed by atoms with Crippen LogP contribution < -0.4 is 0 Å². The topological polar surface area (TPSA) is 94.2 Å². The standard InChI is InChI=1S/C15H17N3O3S/c16-8-2-9-18(12-14-3-1-10-21-14)22(19,20)15-6-4-13(11-17)5-7-15/h4-7,14H,1-3,9-10,12H2. The third-order valence-corrected chi connectivity index (χ3v) is 5.40. The van der Waals surface area contributed by atoms with Gasteiger partial charge in [-0.2, -0.15) is 14.8 Å². The molecule has 0 spiro atoms. The smallest absolute Gasteiger partial charge is 0.243 e. The van der Waals surface area contributed by atoms with Crippen LogP contribution in [0.3, 0.4) is 0 Å². The van der Waals surface area contributed by atoms with Gasteiger partial charge in [-0.05, 0) is 37.1 Å². The normalized spacial score (nSPS) is 18.0. The molecule has 6 nitrogen and oxygen atoms in total. The number of sulfonamides is 1. The average molecular weight is 319 g/mol. The summed E-state index contributed by atoms with van der Waals surface area (Å²) in [6.45, 7) is 1.04. The summed E-state index contributed by atoms with van der Waals surface area (Å²) in [7, 11) is -3.69. The van der Waals surface area contributed by atoms with Crippen LogP contribution in [0.15, 0.2) is 29.2 Å². The van der Waals surface area contributed by atoms with Gasteiger partial charge >= 0.3 is 0 Å². The third-order valence-electron chi connectivity index (χ3n) is 3.53. The van der Waals surface area contributed by atoms with E-state index in [1.165, 1.54) is 28.6 Å². The van der Waals surface area contributed by atoms with E-state index in [4.69, 9.17) is 15.3 Å². The van der Waals surface area contributed by atoms with E-state index in [0.29, 0.717) is 12.2 Å². The average Bonchev–Trinajstić information content (AvgIpc) is 3.04. The monoisotopic (exact) mass is 319 g/mol. The fourth-order valence-electron chi connectivity index (χ4n) is 2.35. The maximum atomic E-state index is 12.7. The van der Waals surface area contributed by atoms with Gasteiger partial charge in [-0.15, -0.1) is 0 Å². The van der Waals surface area contributed by atoms with Gasteiger partial charge in [0.2, 0.25) is 10.0 Å². The van der Waals surface area contributed by atoms with Gasteiger partial charge < -0.3 is 4.74 Å². The lowest BCUT2D eigenvalue weighted by molar-refractivity contribution is 0.0941. The predicted octanol–water partition coefficient (Wildman–Crippen LogP) is 1.64. The van der Waals surface area contributed by atoms with Gasteiger partial charge in [0.1, 0.15) is 0 Å². The Hall–Kier alpha value is -1.93. The minimum atomic E-state index is -3.69. The molecular weight excluding hydrogens is 302 g/mol. The van der Waals surface area contributed by atoms with Crippen molar-refractivity contribution in [1.29, 1.82) is 10.5 Å². The fraction of sp³-hybridized carbons (Fsp3) is 0.467. The number of rotatable bonds is 6. The molecule has 1 heterocycles. The second kappa shape index (κ2) is 7.37. The molecule has 0 aromatic heterocycles. The molecule has 1 atom stereocenters. The lowest BCUT2D eigenvalue weighted by atomic mass is 10.2. The number of ether oxygens (including phenoxy) is 1. The van der Waals surface area contributed by atoms with E-state index in [2.05, 4.69) is 0 Å². The minimum absolute atomic E-state index is 0.119. The van der Waals surface area contributed by atoms with Crippen molar-refractivity contribution in [1.82, 2.24) is 4.31 Å². The highest BCUT2D eigenvalue weighted by atomic mass is 32.2. The first-order valence-electron chi connectivity index (χ1n) is 7.07. The molecule has 116 valence electrons. The summed E-state index contributed by atoms with van der Waals surface area (Å²) in [5.74, 6) is 0. The summed E-state index contributed by atoms with van der Waals surface area (Å²) in [5.41, 5.74) is 0.404. The van der Waals surface area contributed by atoms with Crippen molar-refractivity contribution in [3.05, 3.63) is 29.8 Å². The van der Waals surface area contributed by atoms with Crippen LogP contribution in [-0.4, -0.2) is 38.5 Å². The Morgan fingerprint density at radius 2 is 2.00 bits per heavy atom. The van der Waals surface area contributed by atoms with Crippen LogP contribution >= 0.6 is 0 Å². The van der Waals surface area contributed by atoms with Crippen LogP contribution in [-0.2, 0) is 14.8 Å². The van der Waals surface area contributed by atoms with Crippen LogP contribution in [0.5, 0.6) is 0 Å². The van der Waals surface area contributed by atoms with E-state index in [1.54, 1.807) is 0 Å². The molecule has 0 saturated carbocycles. The van der Waals surface area contributed by atoms with Crippen LogP contribution in [0.25, 0.3) is 0 Å². The van der Waals surface area contributed by atoms with E-state index >= 15 is 0 Å². The summed E-state index contributed by atoms with van der Waals surface area (Å²) >= 11 is 0. The van der Waals surface area contributed by atoms with Crippen LogP contribution in [0, 0.1) is 22.7 Å². The Morgan fingerprint density at radius 1 is 1.27 bits per heavy atom. The Balaban J connectivity index is 2.22. The van der Waals surface area contributed by atoms with E-state index in [0.717, 1.165) is 12.8 Å². The Labute approximate surface area is 130 Å². The zero-order valence-electron chi connectivity index (χ0n) is 12.1. The number of nitriles is 2. The SMILES string of the molecule is N#CCCN(CC1CCCO1)S(=O)(=O)c1ccc(C#N)cc1. The molecule has 1 aliphatic heterocycles. The molecule has 0 amide bonds. The summed E-state index contributed by atoms with van der Waals surface area (Å²) in [6, 6.07) is 9.72. The van der Waals surface area contributed by atoms with Crippen molar-refractivity contribution in [3.8, 4) is 12.1 Å². The molecular formula is C15H17N3O3S. The molecule has 1 aliphatic rings. The van der Waals surface area contributed by atoms with Gasteiger partial charge in [0.25, 0.3) is 0 Å². The van der Waals surface area contributed by atoms with Gasteiger partial charge in [-0.3, -0.25) is 0 Å². The quantitative estimate of drug-likeness (QED) is 0.794. The number of benzene rings is 1. The predicted molar refractivity (Wildman–Crippen MR) is 79.1 cm³/mol. The Morgan fingerprint density at radius 3 is 2.55 bits per heavy atom. The van der Waals surface area contributed by atoms with E-state index < -0.39 is 10.0 Å². The second-order valence-corrected chi connectivity index (χ2v) is 6.98. The molecule has 2 rings (SSSR count). The van der Waals surface area contributed by atoms with E-state index in [1.807, 2.05) is 12.1 Å². The highest BCUT2D eigenvalue weighted by Crippen LogP contribution is 2.20. The largest absolute Gasteiger partial charge is 0.377 e. The first-order valence-corrected chi connectivity index (χ1v) is 8.51. The molecule has 1 fully saturated rings. The van der Waals surface area contributed by atoms with Crippen molar-refractivity contribution in [2.45, 2.75) is 30.3 Å². The van der Waals surface area contributed by atoms with Crippen LogP contribution in [0.1, 0.15) is 24.8 Å². The molecule has 7 heteroatoms.